The van der Waals surface area contributed by atoms with Crippen LogP contribution in [0.4, 0.5) is 5.69 Å². The van der Waals surface area contributed by atoms with Crippen molar-refractivity contribution in [1.29, 1.82) is 0 Å². The van der Waals surface area contributed by atoms with Crippen molar-refractivity contribution < 1.29 is 9.47 Å². The lowest BCUT2D eigenvalue weighted by Gasteiger charge is -2.38. The highest BCUT2D eigenvalue weighted by atomic mass is 35.5. The molecule has 0 saturated carbocycles. The number of fused-ring (bicyclic) bond motifs is 5. The molecule has 176 valence electrons. The molecular weight excluding hydrogens is 454 g/mol. The molecule has 0 spiro atoms. The number of allylic oxidation sites excluding steroid dienone is 2. The van der Waals surface area contributed by atoms with Gasteiger partial charge in [0.05, 0.1) is 12.6 Å². The van der Waals surface area contributed by atoms with E-state index in [1.165, 1.54) is 27.6 Å². The molecule has 0 saturated heterocycles. The monoisotopic (exact) mass is 481 g/mol. The van der Waals surface area contributed by atoms with Gasteiger partial charge in [-0.3, -0.25) is 0 Å². The zero-order valence-corrected chi connectivity index (χ0v) is 20.5. The van der Waals surface area contributed by atoms with Crippen LogP contribution in [0.2, 0.25) is 5.02 Å². The van der Waals surface area contributed by atoms with Crippen molar-refractivity contribution in [3.63, 3.8) is 0 Å². The summed E-state index contributed by atoms with van der Waals surface area (Å²) in [5.41, 5.74) is 4.94. The van der Waals surface area contributed by atoms with Crippen LogP contribution in [-0.2, 0) is 6.61 Å². The predicted octanol–water partition coefficient (Wildman–Crippen LogP) is 8.30. The van der Waals surface area contributed by atoms with Crippen molar-refractivity contribution >= 4 is 28.1 Å². The van der Waals surface area contributed by atoms with Crippen LogP contribution in [0.1, 0.15) is 42.0 Å². The van der Waals surface area contributed by atoms with Gasteiger partial charge in [0.1, 0.15) is 6.61 Å². The van der Waals surface area contributed by atoms with Crippen molar-refractivity contribution in [3.8, 4) is 11.5 Å². The van der Waals surface area contributed by atoms with E-state index < -0.39 is 0 Å². The number of ether oxygens (including phenoxy) is 2. The first-order valence-electron chi connectivity index (χ1n) is 12.3. The summed E-state index contributed by atoms with van der Waals surface area (Å²) in [5.74, 6) is 2.43. The SMILES string of the molecule is CCOc1cc([C@@H]2Nc3c(ccc4ccccc34)[C@H]3C=CC[C@H]32)ccc1OCc1ccc(Cl)cc1. The van der Waals surface area contributed by atoms with Crippen molar-refractivity contribution in [1.82, 2.24) is 0 Å². The van der Waals surface area contributed by atoms with Crippen molar-refractivity contribution in [2.45, 2.75) is 31.9 Å². The number of benzene rings is 4. The number of anilines is 1. The molecule has 1 heterocycles. The van der Waals surface area contributed by atoms with Crippen molar-refractivity contribution in [3.05, 3.63) is 113 Å². The number of nitrogens with one attached hydrogen (secondary N) is 1. The Bertz CT molecular complexity index is 1400. The predicted molar refractivity (Wildman–Crippen MR) is 144 cm³/mol. The van der Waals surface area contributed by atoms with E-state index >= 15 is 0 Å². The molecule has 0 unspecified atom stereocenters. The van der Waals surface area contributed by atoms with E-state index in [-0.39, 0.29) is 6.04 Å². The van der Waals surface area contributed by atoms with E-state index in [1.54, 1.807) is 0 Å². The van der Waals surface area contributed by atoms with Gasteiger partial charge < -0.3 is 14.8 Å². The number of hydrogen-bond donors (Lipinski definition) is 1. The first-order valence-corrected chi connectivity index (χ1v) is 12.7. The second-order valence-electron chi connectivity index (χ2n) is 9.28. The molecule has 0 bridgehead atoms. The van der Waals surface area contributed by atoms with E-state index in [4.69, 9.17) is 21.1 Å². The minimum Gasteiger partial charge on any atom is -0.490 e. The Hall–Kier alpha value is -3.43. The Morgan fingerprint density at radius 3 is 2.63 bits per heavy atom. The van der Waals surface area contributed by atoms with Crippen LogP contribution in [0.3, 0.4) is 0 Å². The first-order chi connectivity index (χ1) is 17.2. The molecular formula is C31H28ClNO2. The number of hydrogen-bond acceptors (Lipinski definition) is 3. The molecule has 4 heteroatoms. The Morgan fingerprint density at radius 2 is 1.77 bits per heavy atom. The van der Waals surface area contributed by atoms with Crippen LogP contribution in [0.15, 0.2) is 91.0 Å². The molecule has 0 radical (unpaired) electrons. The third kappa shape index (κ3) is 4.15. The molecule has 0 amide bonds. The summed E-state index contributed by atoms with van der Waals surface area (Å²) in [6.07, 6.45) is 5.79. The summed E-state index contributed by atoms with van der Waals surface area (Å²) >= 11 is 6.02. The van der Waals surface area contributed by atoms with Crippen LogP contribution in [0.5, 0.6) is 11.5 Å². The van der Waals surface area contributed by atoms with Gasteiger partial charge >= 0.3 is 0 Å². The molecule has 3 atom stereocenters. The molecule has 1 aliphatic carbocycles. The van der Waals surface area contributed by atoms with Gasteiger partial charge in [-0.25, -0.2) is 0 Å². The Balaban J connectivity index is 1.33. The normalized spacial score (nSPS) is 20.2. The Morgan fingerprint density at radius 1 is 0.914 bits per heavy atom. The van der Waals surface area contributed by atoms with E-state index in [0.29, 0.717) is 25.0 Å². The standard InChI is InChI=1S/C31H28ClNO2/c1-2-34-29-18-22(13-17-28(29)35-19-20-10-14-23(32)15-11-20)30-26-9-5-8-25(26)27-16-12-21-6-3-4-7-24(21)31(27)33-30/h3-8,10-18,25-26,30,33H,2,9,19H2,1H3/t25-,26+,30-/m0/s1. The average Bonchev–Trinajstić information content (AvgIpc) is 3.39. The molecule has 4 aromatic rings. The number of halogens is 1. The third-order valence-electron chi connectivity index (χ3n) is 7.20. The molecule has 0 aromatic heterocycles. The van der Waals surface area contributed by atoms with Crippen LogP contribution in [-0.4, -0.2) is 6.61 Å². The van der Waals surface area contributed by atoms with Crippen LogP contribution < -0.4 is 14.8 Å². The number of rotatable bonds is 6. The summed E-state index contributed by atoms with van der Waals surface area (Å²) < 4.78 is 12.2. The zero-order valence-electron chi connectivity index (χ0n) is 19.7. The van der Waals surface area contributed by atoms with E-state index in [0.717, 1.165) is 28.5 Å². The first kappa shape index (κ1) is 22.1. The quantitative estimate of drug-likeness (QED) is 0.281. The largest absolute Gasteiger partial charge is 0.490 e. The van der Waals surface area contributed by atoms with E-state index in [2.05, 4.69) is 66.0 Å². The minimum absolute atomic E-state index is 0.192. The molecule has 35 heavy (non-hydrogen) atoms. The maximum atomic E-state index is 6.16. The van der Waals surface area contributed by atoms with E-state index in [1.807, 2.05) is 37.3 Å². The summed E-state index contributed by atoms with van der Waals surface area (Å²) in [5, 5.41) is 7.20. The van der Waals surface area contributed by atoms with Gasteiger partial charge in [-0.15, -0.1) is 0 Å². The summed E-state index contributed by atoms with van der Waals surface area (Å²) in [6, 6.07) is 27.5. The smallest absolute Gasteiger partial charge is 0.161 e. The zero-order chi connectivity index (χ0) is 23.8. The maximum absolute atomic E-state index is 6.16. The van der Waals surface area contributed by atoms with Gasteiger partial charge in [0.25, 0.3) is 0 Å². The highest BCUT2D eigenvalue weighted by Crippen LogP contribution is 2.52. The summed E-state index contributed by atoms with van der Waals surface area (Å²) in [7, 11) is 0. The van der Waals surface area contributed by atoms with Gasteiger partial charge in [0, 0.05) is 22.0 Å². The topological polar surface area (TPSA) is 30.5 Å². The van der Waals surface area contributed by atoms with Gasteiger partial charge in [0.15, 0.2) is 11.5 Å². The van der Waals surface area contributed by atoms with Crippen LogP contribution in [0.25, 0.3) is 10.8 Å². The van der Waals surface area contributed by atoms with Crippen molar-refractivity contribution in [2.75, 3.05) is 11.9 Å². The Labute approximate surface area is 211 Å². The lowest BCUT2D eigenvalue weighted by atomic mass is 9.76. The molecule has 1 aliphatic heterocycles. The molecule has 1 N–H and O–H groups in total. The molecule has 2 aliphatic rings. The fourth-order valence-corrected chi connectivity index (χ4v) is 5.64. The second kappa shape index (κ2) is 9.31. The summed E-state index contributed by atoms with van der Waals surface area (Å²) in [4.78, 5) is 0. The fourth-order valence-electron chi connectivity index (χ4n) is 5.52. The van der Waals surface area contributed by atoms with Crippen LogP contribution >= 0.6 is 11.6 Å². The fraction of sp³-hybridized carbons (Fsp3) is 0.226. The van der Waals surface area contributed by atoms with Gasteiger partial charge in [0.2, 0.25) is 0 Å². The highest BCUT2D eigenvalue weighted by molar-refractivity contribution is 6.30. The molecule has 6 rings (SSSR count). The second-order valence-corrected chi connectivity index (χ2v) is 9.72. The average molecular weight is 482 g/mol. The third-order valence-corrected chi connectivity index (χ3v) is 7.45. The lowest BCUT2D eigenvalue weighted by molar-refractivity contribution is 0.268. The molecule has 3 nitrogen and oxygen atoms in total. The minimum atomic E-state index is 0.192. The van der Waals surface area contributed by atoms with Gasteiger partial charge in [-0.05, 0) is 65.6 Å². The maximum Gasteiger partial charge on any atom is 0.161 e. The highest BCUT2D eigenvalue weighted by Gasteiger charge is 2.38. The lowest BCUT2D eigenvalue weighted by Crippen LogP contribution is -2.29. The summed E-state index contributed by atoms with van der Waals surface area (Å²) in [6.45, 7) is 3.06. The Kier molecular flexibility index (Phi) is 5.87. The van der Waals surface area contributed by atoms with Crippen LogP contribution in [0, 0.1) is 5.92 Å². The molecule has 0 fully saturated rings. The van der Waals surface area contributed by atoms with Crippen molar-refractivity contribution in [2.24, 2.45) is 5.92 Å². The van der Waals surface area contributed by atoms with Gasteiger partial charge in [-0.1, -0.05) is 78.4 Å². The van der Waals surface area contributed by atoms with Gasteiger partial charge in [-0.2, -0.15) is 0 Å². The van der Waals surface area contributed by atoms with E-state index in [9.17, 15) is 0 Å². The molecule has 4 aromatic carbocycles.